The molecule has 0 aliphatic carbocycles. The van der Waals surface area contributed by atoms with Crippen LogP contribution in [0.5, 0.6) is 0 Å². The molecule has 118 valence electrons. The molecule has 1 fully saturated rings. The van der Waals surface area contributed by atoms with Crippen LogP contribution in [0.2, 0.25) is 0 Å². The fraction of sp³-hybridized carbons (Fsp3) is 0.444. The quantitative estimate of drug-likeness (QED) is 0.850. The number of carbonyl (C=O) groups excluding carboxylic acids is 2. The molecule has 2 amide bonds. The number of amides is 2. The van der Waals surface area contributed by atoms with E-state index in [0.717, 1.165) is 24.8 Å². The lowest BCUT2D eigenvalue weighted by atomic mass is 10.1. The number of carbonyl (C=O) groups is 2. The Kier molecular flexibility index (Phi) is 5.75. The van der Waals surface area contributed by atoms with E-state index in [9.17, 15) is 9.59 Å². The lowest BCUT2D eigenvalue weighted by Gasteiger charge is -2.25. The molecule has 0 saturated carbocycles. The van der Waals surface area contributed by atoms with Crippen LogP contribution in [0.4, 0.5) is 0 Å². The molecular weight excluding hydrogens is 276 g/mol. The summed E-state index contributed by atoms with van der Waals surface area (Å²) >= 11 is 0. The van der Waals surface area contributed by atoms with Crippen molar-refractivity contribution in [3.8, 4) is 0 Å². The van der Waals surface area contributed by atoms with E-state index in [-0.39, 0.29) is 23.9 Å². The van der Waals surface area contributed by atoms with Crippen LogP contribution in [0.15, 0.2) is 36.4 Å². The van der Waals surface area contributed by atoms with Gasteiger partial charge in [0.2, 0.25) is 11.8 Å². The Morgan fingerprint density at radius 1 is 1.36 bits per heavy atom. The molecule has 4 nitrogen and oxygen atoms in total. The zero-order chi connectivity index (χ0) is 15.9. The van der Waals surface area contributed by atoms with Gasteiger partial charge in [-0.1, -0.05) is 44.2 Å². The molecule has 1 aromatic carbocycles. The summed E-state index contributed by atoms with van der Waals surface area (Å²) in [7, 11) is 0. The molecular formula is C18H24N2O2. The van der Waals surface area contributed by atoms with E-state index in [2.05, 4.69) is 5.32 Å². The minimum Gasteiger partial charge on any atom is -0.336 e. The van der Waals surface area contributed by atoms with Gasteiger partial charge in [-0.3, -0.25) is 9.59 Å². The molecule has 0 spiro atoms. The van der Waals surface area contributed by atoms with Crippen molar-refractivity contribution < 1.29 is 9.59 Å². The number of rotatable bonds is 5. The Bertz CT molecular complexity index is 539. The van der Waals surface area contributed by atoms with Crippen molar-refractivity contribution in [3.63, 3.8) is 0 Å². The van der Waals surface area contributed by atoms with Crippen LogP contribution < -0.4 is 5.32 Å². The highest BCUT2D eigenvalue weighted by Gasteiger charge is 2.29. The minimum atomic E-state index is -0.172. The SMILES string of the molecule is CC[C@@H](C)C(=O)NC1CCCN1C(=O)C=Cc1ccccc1. The summed E-state index contributed by atoms with van der Waals surface area (Å²) in [6.07, 6.45) is 5.79. The van der Waals surface area contributed by atoms with Crippen molar-refractivity contribution in [2.24, 2.45) is 5.92 Å². The fourth-order valence-corrected chi connectivity index (χ4v) is 2.50. The molecule has 1 saturated heterocycles. The summed E-state index contributed by atoms with van der Waals surface area (Å²) in [5.41, 5.74) is 0.996. The van der Waals surface area contributed by atoms with Crippen LogP contribution in [0, 0.1) is 5.92 Å². The number of nitrogens with one attached hydrogen (secondary N) is 1. The van der Waals surface area contributed by atoms with Crippen molar-refractivity contribution in [1.82, 2.24) is 10.2 Å². The average molecular weight is 300 g/mol. The van der Waals surface area contributed by atoms with Crippen LogP contribution in [-0.2, 0) is 9.59 Å². The van der Waals surface area contributed by atoms with Gasteiger partial charge in [0.05, 0.1) is 0 Å². The maximum absolute atomic E-state index is 12.3. The number of nitrogens with zero attached hydrogens (tertiary/aromatic N) is 1. The minimum absolute atomic E-state index is 0.0163. The van der Waals surface area contributed by atoms with Gasteiger partial charge >= 0.3 is 0 Å². The van der Waals surface area contributed by atoms with Gasteiger partial charge < -0.3 is 10.2 Å². The van der Waals surface area contributed by atoms with Crippen molar-refractivity contribution >= 4 is 17.9 Å². The van der Waals surface area contributed by atoms with Gasteiger partial charge in [0, 0.05) is 18.5 Å². The molecule has 4 heteroatoms. The van der Waals surface area contributed by atoms with Crippen molar-refractivity contribution in [3.05, 3.63) is 42.0 Å². The van der Waals surface area contributed by atoms with E-state index < -0.39 is 0 Å². The largest absolute Gasteiger partial charge is 0.336 e. The molecule has 22 heavy (non-hydrogen) atoms. The molecule has 0 radical (unpaired) electrons. The zero-order valence-corrected chi connectivity index (χ0v) is 13.3. The predicted molar refractivity (Wildman–Crippen MR) is 87.8 cm³/mol. The summed E-state index contributed by atoms with van der Waals surface area (Å²) in [6, 6.07) is 9.73. The first-order valence-electron chi connectivity index (χ1n) is 7.96. The second kappa shape index (κ2) is 7.78. The van der Waals surface area contributed by atoms with Gasteiger partial charge in [-0.05, 0) is 30.9 Å². The number of likely N-dealkylation sites (tertiary alicyclic amines) is 1. The lowest BCUT2D eigenvalue weighted by molar-refractivity contribution is -0.131. The first kappa shape index (κ1) is 16.3. The van der Waals surface area contributed by atoms with Gasteiger partial charge in [0.15, 0.2) is 0 Å². The smallest absolute Gasteiger partial charge is 0.248 e. The lowest BCUT2D eigenvalue weighted by Crippen LogP contribution is -2.47. The molecule has 1 aliphatic heterocycles. The predicted octanol–water partition coefficient (Wildman–Crippen LogP) is 2.81. The van der Waals surface area contributed by atoms with Crippen LogP contribution in [0.3, 0.4) is 0 Å². The van der Waals surface area contributed by atoms with E-state index in [0.29, 0.717) is 6.54 Å². The number of hydrogen-bond acceptors (Lipinski definition) is 2. The maximum atomic E-state index is 12.3. The molecule has 1 heterocycles. The number of hydrogen-bond donors (Lipinski definition) is 1. The standard InChI is InChI=1S/C18H24N2O2/c1-3-14(2)18(22)19-16-10-7-13-20(16)17(21)12-11-15-8-5-4-6-9-15/h4-6,8-9,11-12,14,16H,3,7,10,13H2,1-2H3,(H,19,22)/t14-,16?/m1/s1. The second-order valence-electron chi connectivity index (χ2n) is 5.75. The summed E-state index contributed by atoms with van der Waals surface area (Å²) in [5, 5.41) is 2.99. The summed E-state index contributed by atoms with van der Waals surface area (Å²) in [5.74, 6) is -0.0348. The molecule has 0 bridgehead atoms. The van der Waals surface area contributed by atoms with Gasteiger partial charge in [0.1, 0.15) is 6.17 Å². The van der Waals surface area contributed by atoms with Gasteiger partial charge in [-0.15, -0.1) is 0 Å². The monoisotopic (exact) mass is 300 g/mol. The molecule has 0 aromatic heterocycles. The highest BCUT2D eigenvalue weighted by molar-refractivity contribution is 5.92. The van der Waals surface area contributed by atoms with Gasteiger partial charge in [-0.2, -0.15) is 0 Å². The van der Waals surface area contributed by atoms with Crippen molar-refractivity contribution in [2.75, 3.05) is 6.54 Å². The molecule has 1 N–H and O–H groups in total. The third-order valence-electron chi connectivity index (χ3n) is 4.12. The van der Waals surface area contributed by atoms with Crippen LogP contribution in [-0.4, -0.2) is 29.4 Å². The normalized spacial score (nSPS) is 19.4. The van der Waals surface area contributed by atoms with E-state index in [1.54, 1.807) is 11.0 Å². The van der Waals surface area contributed by atoms with E-state index in [1.165, 1.54) is 0 Å². The Balaban J connectivity index is 1.96. The van der Waals surface area contributed by atoms with Gasteiger partial charge in [0.25, 0.3) is 0 Å². The molecule has 1 aromatic rings. The third kappa shape index (κ3) is 4.20. The summed E-state index contributed by atoms with van der Waals surface area (Å²) in [4.78, 5) is 26.1. The third-order valence-corrected chi connectivity index (χ3v) is 4.12. The Hall–Kier alpha value is -2.10. The zero-order valence-electron chi connectivity index (χ0n) is 13.3. The first-order chi connectivity index (χ1) is 10.6. The van der Waals surface area contributed by atoms with Crippen LogP contribution >= 0.6 is 0 Å². The van der Waals surface area contributed by atoms with E-state index in [1.807, 2.05) is 50.3 Å². The number of benzene rings is 1. The first-order valence-corrected chi connectivity index (χ1v) is 7.96. The molecule has 1 aliphatic rings. The highest BCUT2D eigenvalue weighted by Crippen LogP contribution is 2.17. The highest BCUT2D eigenvalue weighted by atomic mass is 16.2. The fourth-order valence-electron chi connectivity index (χ4n) is 2.50. The second-order valence-corrected chi connectivity index (χ2v) is 5.75. The molecule has 2 atom stereocenters. The molecule has 1 unspecified atom stereocenters. The van der Waals surface area contributed by atoms with Crippen molar-refractivity contribution in [2.45, 2.75) is 39.3 Å². The Morgan fingerprint density at radius 2 is 2.09 bits per heavy atom. The van der Waals surface area contributed by atoms with Crippen LogP contribution in [0.25, 0.3) is 6.08 Å². The summed E-state index contributed by atoms with van der Waals surface area (Å²) < 4.78 is 0. The van der Waals surface area contributed by atoms with E-state index in [4.69, 9.17) is 0 Å². The van der Waals surface area contributed by atoms with Crippen molar-refractivity contribution in [1.29, 1.82) is 0 Å². The van der Waals surface area contributed by atoms with E-state index >= 15 is 0 Å². The Labute approximate surface area is 132 Å². The summed E-state index contributed by atoms with van der Waals surface area (Å²) in [6.45, 7) is 4.60. The van der Waals surface area contributed by atoms with Gasteiger partial charge in [-0.25, -0.2) is 0 Å². The maximum Gasteiger partial charge on any atom is 0.248 e. The topological polar surface area (TPSA) is 49.4 Å². The average Bonchev–Trinajstić information content (AvgIpc) is 3.00. The molecule has 2 rings (SSSR count). The Morgan fingerprint density at radius 3 is 2.77 bits per heavy atom. The van der Waals surface area contributed by atoms with Crippen LogP contribution in [0.1, 0.15) is 38.7 Å².